The maximum Gasteiger partial charge on any atom is 0.122 e. The first-order chi connectivity index (χ1) is 9.10. The van der Waals surface area contributed by atoms with Gasteiger partial charge in [0.2, 0.25) is 0 Å². The van der Waals surface area contributed by atoms with E-state index >= 15 is 0 Å². The van der Waals surface area contributed by atoms with Crippen molar-refractivity contribution in [1.82, 2.24) is 4.90 Å². The summed E-state index contributed by atoms with van der Waals surface area (Å²) in [5.74, 6) is 1.08. The van der Waals surface area contributed by atoms with Crippen LogP contribution in [0.25, 0.3) is 0 Å². The predicted molar refractivity (Wildman–Crippen MR) is 80.5 cm³/mol. The summed E-state index contributed by atoms with van der Waals surface area (Å²) in [6, 6.07) is 6.12. The van der Waals surface area contributed by atoms with Crippen LogP contribution in [0.15, 0.2) is 18.2 Å². The number of rotatable bonds is 7. The zero-order valence-electron chi connectivity index (χ0n) is 12.1. The van der Waals surface area contributed by atoms with Crippen molar-refractivity contribution in [3.05, 3.63) is 34.9 Å². The number of nitrogens with two attached hydrogens (primary N) is 1. The zero-order valence-corrected chi connectivity index (χ0v) is 12.1. The van der Waals surface area contributed by atoms with Gasteiger partial charge in [-0.05, 0) is 55.8 Å². The Labute approximate surface area is 116 Å². The van der Waals surface area contributed by atoms with Crippen molar-refractivity contribution < 1.29 is 0 Å². The molecule has 1 aliphatic carbocycles. The van der Waals surface area contributed by atoms with Crippen LogP contribution in [0.5, 0.6) is 0 Å². The minimum absolute atomic E-state index is 0.151. The summed E-state index contributed by atoms with van der Waals surface area (Å²) in [7, 11) is 0. The number of nitrogen functional groups attached to an aromatic ring is 1. The van der Waals surface area contributed by atoms with Gasteiger partial charge in [-0.3, -0.25) is 10.3 Å². The summed E-state index contributed by atoms with van der Waals surface area (Å²) < 4.78 is 0. The van der Waals surface area contributed by atoms with E-state index < -0.39 is 0 Å². The van der Waals surface area contributed by atoms with E-state index in [-0.39, 0.29) is 5.84 Å². The van der Waals surface area contributed by atoms with Crippen LogP contribution in [0.3, 0.4) is 0 Å². The number of nitrogens with one attached hydrogen (secondary N) is 1. The fraction of sp³-hybridized carbons (Fsp3) is 0.562. The highest BCUT2D eigenvalue weighted by molar-refractivity contribution is 5.95. The van der Waals surface area contributed by atoms with Crippen molar-refractivity contribution in [2.45, 2.75) is 39.7 Å². The van der Waals surface area contributed by atoms with Gasteiger partial charge in [0.05, 0.1) is 0 Å². The maximum absolute atomic E-state index is 7.48. The van der Waals surface area contributed by atoms with Crippen LogP contribution in [-0.2, 0) is 6.54 Å². The molecule has 0 aliphatic heterocycles. The van der Waals surface area contributed by atoms with Crippen LogP contribution in [0.1, 0.15) is 42.9 Å². The monoisotopic (exact) mass is 259 g/mol. The van der Waals surface area contributed by atoms with E-state index in [1.165, 1.54) is 43.5 Å². The minimum atomic E-state index is 0.151. The van der Waals surface area contributed by atoms with Gasteiger partial charge in [-0.25, -0.2) is 0 Å². The van der Waals surface area contributed by atoms with Crippen LogP contribution in [0, 0.1) is 18.3 Å². The summed E-state index contributed by atoms with van der Waals surface area (Å²) in [5, 5.41) is 7.48. The molecule has 19 heavy (non-hydrogen) atoms. The van der Waals surface area contributed by atoms with E-state index in [0.717, 1.165) is 18.0 Å². The third-order valence-corrected chi connectivity index (χ3v) is 3.80. The van der Waals surface area contributed by atoms with Gasteiger partial charge in [0.25, 0.3) is 0 Å². The third-order valence-electron chi connectivity index (χ3n) is 3.80. The van der Waals surface area contributed by atoms with Gasteiger partial charge in [0, 0.05) is 18.7 Å². The molecule has 0 aromatic heterocycles. The highest BCUT2D eigenvalue weighted by atomic mass is 15.1. The molecule has 1 saturated carbocycles. The maximum atomic E-state index is 7.48. The fourth-order valence-electron chi connectivity index (χ4n) is 2.50. The minimum Gasteiger partial charge on any atom is -0.384 e. The molecule has 0 bridgehead atoms. The molecule has 0 spiro atoms. The van der Waals surface area contributed by atoms with Crippen molar-refractivity contribution in [2.75, 3.05) is 13.1 Å². The molecule has 1 aromatic rings. The van der Waals surface area contributed by atoms with Crippen LogP contribution >= 0.6 is 0 Å². The highest BCUT2D eigenvalue weighted by Gasteiger charge is 2.24. The summed E-state index contributed by atoms with van der Waals surface area (Å²) in [6.07, 6.45) is 4.02. The van der Waals surface area contributed by atoms with Crippen LogP contribution in [-0.4, -0.2) is 23.8 Å². The molecule has 1 aliphatic rings. The Morgan fingerprint density at radius 2 is 2.16 bits per heavy atom. The van der Waals surface area contributed by atoms with Crippen LogP contribution in [0.4, 0.5) is 0 Å². The number of nitrogens with zero attached hydrogens (tertiary/aromatic N) is 1. The van der Waals surface area contributed by atoms with Gasteiger partial charge in [0.15, 0.2) is 0 Å². The fourth-order valence-corrected chi connectivity index (χ4v) is 2.50. The number of aryl methyl sites for hydroxylation is 1. The summed E-state index contributed by atoms with van der Waals surface area (Å²) in [5.41, 5.74) is 8.95. The molecule has 1 fully saturated rings. The quantitative estimate of drug-likeness (QED) is 0.584. The number of amidine groups is 1. The number of benzene rings is 1. The Hall–Kier alpha value is -1.35. The largest absolute Gasteiger partial charge is 0.384 e. The van der Waals surface area contributed by atoms with Crippen LogP contribution in [0.2, 0.25) is 0 Å². The molecule has 3 N–H and O–H groups in total. The Balaban J connectivity index is 2.04. The Morgan fingerprint density at radius 1 is 1.42 bits per heavy atom. The number of hydrogen-bond donors (Lipinski definition) is 2. The lowest BCUT2D eigenvalue weighted by atomic mass is 10.0. The van der Waals surface area contributed by atoms with Gasteiger partial charge in [-0.1, -0.05) is 19.1 Å². The van der Waals surface area contributed by atoms with Gasteiger partial charge >= 0.3 is 0 Å². The molecule has 3 nitrogen and oxygen atoms in total. The van der Waals surface area contributed by atoms with E-state index in [1.54, 1.807) is 0 Å². The van der Waals surface area contributed by atoms with Crippen molar-refractivity contribution in [3.63, 3.8) is 0 Å². The van der Waals surface area contributed by atoms with Gasteiger partial charge in [-0.15, -0.1) is 0 Å². The molecule has 0 amide bonds. The lowest BCUT2D eigenvalue weighted by Crippen LogP contribution is -2.26. The number of hydrogen-bond acceptors (Lipinski definition) is 2. The molecule has 0 heterocycles. The molecule has 2 rings (SSSR count). The Morgan fingerprint density at radius 3 is 2.68 bits per heavy atom. The molecule has 0 saturated heterocycles. The molecular formula is C16H25N3. The van der Waals surface area contributed by atoms with Crippen molar-refractivity contribution in [2.24, 2.45) is 11.7 Å². The van der Waals surface area contributed by atoms with Crippen molar-refractivity contribution in [1.29, 1.82) is 5.41 Å². The SMILES string of the molecule is CCCN(Cc1ccc(C(=N)N)cc1C)CC1CC1. The van der Waals surface area contributed by atoms with Gasteiger partial charge in [-0.2, -0.15) is 0 Å². The van der Waals surface area contributed by atoms with Crippen molar-refractivity contribution >= 4 is 5.84 Å². The summed E-state index contributed by atoms with van der Waals surface area (Å²) in [4.78, 5) is 2.56. The van der Waals surface area contributed by atoms with E-state index in [1.807, 2.05) is 12.1 Å². The molecule has 0 atom stereocenters. The lowest BCUT2D eigenvalue weighted by Gasteiger charge is -2.22. The topological polar surface area (TPSA) is 53.1 Å². The zero-order chi connectivity index (χ0) is 13.8. The Bertz CT molecular complexity index is 449. The lowest BCUT2D eigenvalue weighted by molar-refractivity contribution is 0.254. The summed E-state index contributed by atoms with van der Waals surface area (Å²) in [6.45, 7) is 7.79. The molecule has 0 radical (unpaired) electrons. The standard InChI is InChI=1S/C16H25N3/c1-3-8-19(10-13-4-5-13)11-15-7-6-14(16(17)18)9-12(15)2/h6-7,9,13H,3-5,8,10-11H2,1-2H3,(H3,17,18). The first-order valence-corrected chi connectivity index (χ1v) is 7.26. The second-order valence-electron chi connectivity index (χ2n) is 5.73. The third kappa shape index (κ3) is 4.06. The highest BCUT2D eigenvalue weighted by Crippen LogP contribution is 2.30. The normalized spacial score (nSPS) is 14.9. The molecule has 3 heteroatoms. The first kappa shape index (κ1) is 14.1. The molecular weight excluding hydrogens is 234 g/mol. The average Bonchev–Trinajstić information content (AvgIpc) is 3.15. The van der Waals surface area contributed by atoms with Gasteiger partial charge < -0.3 is 5.73 Å². The smallest absolute Gasteiger partial charge is 0.122 e. The van der Waals surface area contributed by atoms with Crippen LogP contribution < -0.4 is 5.73 Å². The first-order valence-electron chi connectivity index (χ1n) is 7.26. The predicted octanol–water partition coefficient (Wildman–Crippen LogP) is 2.90. The van der Waals surface area contributed by atoms with E-state index in [2.05, 4.69) is 24.8 Å². The average molecular weight is 259 g/mol. The second kappa shape index (κ2) is 6.20. The molecule has 104 valence electrons. The Kier molecular flexibility index (Phi) is 4.59. The van der Waals surface area contributed by atoms with E-state index in [0.29, 0.717) is 0 Å². The second-order valence-corrected chi connectivity index (χ2v) is 5.73. The molecule has 1 aromatic carbocycles. The van der Waals surface area contributed by atoms with Crippen molar-refractivity contribution in [3.8, 4) is 0 Å². The van der Waals surface area contributed by atoms with E-state index in [9.17, 15) is 0 Å². The van der Waals surface area contributed by atoms with E-state index in [4.69, 9.17) is 11.1 Å². The molecule has 0 unspecified atom stereocenters. The van der Waals surface area contributed by atoms with Gasteiger partial charge in [0.1, 0.15) is 5.84 Å². The summed E-state index contributed by atoms with van der Waals surface area (Å²) >= 11 is 0.